The van der Waals surface area contributed by atoms with E-state index < -0.39 is 5.82 Å². The number of anilines is 1. The van der Waals surface area contributed by atoms with Crippen LogP contribution in [0, 0.1) is 5.82 Å². The number of ether oxygens (including phenoxy) is 2. The van der Waals surface area contributed by atoms with E-state index in [2.05, 4.69) is 10.3 Å². The Morgan fingerprint density at radius 1 is 1.09 bits per heavy atom. The van der Waals surface area contributed by atoms with Crippen LogP contribution >= 0.6 is 0 Å². The van der Waals surface area contributed by atoms with Gasteiger partial charge in [0.15, 0.2) is 17.3 Å². The molecule has 22 heavy (non-hydrogen) atoms. The zero-order valence-electron chi connectivity index (χ0n) is 11.4. The van der Waals surface area contributed by atoms with Gasteiger partial charge in [0.2, 0.25) is 6.79 Å². The molecule has 0 saturated heterocycles. The normalized spacial score (nSPS) is 12.6. The first-order valence-corrected chi connectivity index (χ1v) is 6.60. The fourth-order valence-corrected chi connectivity index (χ4v) is 2.34. The summed E-state index contributed by atoms with van der Waals surface area (Å²) >= 11 is 0. The molecule has 4 rings (SSSR count). The maximum Gasteiger partial charge on any atom is 0.231 e. The molecule has 0 radical (unpaired) electrons. The van der Waals surface area contributed by atoms with Gasteiger partial charge in [0.05, 0.1) is 0 Å². The van der Waals surface area contributed by atoms with Crippen LogP contribution in [0.2, 0.25) is 0 Å². The second-order valence-electron chi connectivity index (χ2n) is 4.75. The summed E-state index contributed by atoms with van der Waals surface area (Å²) in [7, 11) is 0. The molecule has 0 unspecified atom stereocenters. The van der Waals surface area contributed by atoms with Crippen molar-refractivity contribution in [2.24, 2.45) is 0 Å². The van der Waals surface area contributed by atoms with E-state index in [0.29, 0.717) is 17.2 Å². The summed E-state index contributed by atoms with van der Waals surface area (Å²) in [5.41, 5.74) is 7.52. The zero-order valence-corrected chi connectivity index (χ0v) is 11.4. The molecule has 2 N–H and O–H groups in total. The molecule has 0 aliphatic carbocycles. The Labute approximate surface area is 124 Å². The molecule has 3 aromatic rings. The van der Waals surface area contributed by atoms with Crippen molar-refractivity contribution in [1.82, 2.24) is 15.0 Å². The van der Waals surface area contributed by atoms with E-state index in [0.717, 1.165) is 5.56 Å². The average molecular weight is 298 g/mol. The Bertz CT molecular complexity index is 862. The van der Waals surface area contributed by atoms with Crippen LogP contribution in [0.1, 0.15) is 0 Å². The predicted molar refractivity (Wildman–Crippen MR) is 77.3 cm³/mol. The first kappa shape index (κ1) is 12.6. The van der Waals surface area contributed by atoms with Gasteiger partial charge in [-0.2, -0.15) is 4.68 Å². The first-order valence-electron chi connectivity index (χ1n) is 6.60. The second kappa shape index (κ2) is 4.73. The number of halogens is 1. The number of benzene rings is 2. The van der Waals surface area contributed by atoms with Crippen LogP contribution in [0.5, 0.6) is 11.5 Å². The summed E-state index contributed by atoms with van der Waals surface area (Å²) < 4.78 is 25.7. The van der Waals surface area contributed by atoms with Crippen molar-refractivity contribution in [2.45, 2.75) is 0 Å². The highest BCUT2D eigenvalue weighted by molar-refractivity contribution is 5.73. The number of fused-ring (bicyclic) bond motifs is 1. The van der Waals surface area contributed by atoms with Crippen molar-refractivity contribution in [2.75, 3.05) is 12.5 Å². The molecule has 6 nitrogen and oxygen atoms in total. The van der Waals surface area contributed by atoms with Crippen LogP contribution < -0.4 is 15.2 Å². The molecular formula is C15H11FN4O2. The molecule has 1 aliphatic heterocycles. The van der Waals surface area contributed by atoms with Crippen LogP contribution in [0.15, 0.2) is 42.5 Å². The molecule has 7 heteroatoms. The quantitative estimate of drug-likeness (QED) is 0.786. The standard InChI is InChI=1S/C15H11FN4O2/c16-10-3-1-2-4-11(10)20-15(17)14(18-19-20)9-5-6-12-13(7-9)22-8-21-12/h1-7H,8,17H2. The molecule has 1 aromatic heterocycles. The van der Waals surface area contributed by atoms with E-state index >= 15 is 0 Å². The molecule has 0 amide bonds. The molecule has 110 valence electrons. The first-order chi connectivity index (χ1) is 10.7. The van der Waals surface area contributed by atoms with Crippen molar-refractivity contribution in [1.29, 1.82) is 0 Å². The lowest BCUT2D eigenvalue weighted by Gasteiger charge is -2.05. The summed E-state index contributed by atoms with van der Waals surface area (Å²) in [6.45, 7) is 0.191. The van der Waals surface area contributed by atoms with Gasteiger partial charge in [0.25, 0.3) is 0 Å². The van der Waals surface area contributed by atoms with Gasteiger partial charge in [-0.3, -0.25) is 0 Å². The lowest BCUT2D eigenvalue weighted by molar-refractivity contribution is 0.174. The molecule has 0 bridgehead atoms. The summed E-state index contributed by atoms with van der Waals surface area (Å²) in [4.78, 5) is 0. The number of para-hydroxylation sites is 1. The largest absolute Gasteiger partial charge is 0.454 e. The lowest BCUT2D eigenvalue weighted by atomic mass is 10.1. The van der Waals surface area contributed by atoms with E-state index in [4.69, 9.17) is 15.2 Å². The maximum absolute atomic E-state index is 13.9. The van der Waals surface area contributed by atoms with Crippen LogP contribution in [0.3, 0.4) is 0 Å². The van der Waals surface area contributed by atoms with E-state index in [1.807, 2.05) is 0 Å². The van der Waals surface area contributed by atoms with Crippen molar-refractivity contribution < 1.29 is 13.9 Å². The van der Waals surface area contributed by atoms with Gasteiger partial charge in [0, 0.05) is 5.56 Å². The number of nitrogen functional groups attached to an aromatic ring is 1. The third-order valence-corrected chi connectivity index (χ3v) is 3.43. The van der Waals surface area contributed by atoms with Gasteiger partial charge in [-0.1, -0.05) is 17.3 Å². The Hall–Kier alpha value is -3.09. The van der Waals surface area contributed by atoms with Crippen LogP contribution in [-0.4, -0.2) is 21.8 Å². The van der Waals surface area contributed by atoms with Crippen molar-refractivity contribution in [3.8, 4) is 28.4 Å². The minimum atomic E-state index is -0.420. The Morgan fingerprint density at radius 2 is 1.91 bits per heavy atom. The molecule has 0 fully saturated rings. The summed E-state index contributed by atoms with van der Waals surface area (Å²) in [6.07, 6.45) is 0. The number of aromatic nitrogens is 3. The number of nitrogens with zero attached hydrogens (tertiary/aromatic N) is 3. The Balaban J connectivity index is 1.80. The zero-order chi connectivity index (χ0) is 15.1. The fraction of sp³-hybridized carbons (Fsp3) is 0.0667. The lowest BCUT2D eigenvalue weighted by Crippen LogP contribution is -2.04. The van der Waals surface area contributed by atoms with Gasteiger partial charge in [-0.25, -0.2) is 4.39 Å². The van der Waals surface area contributed by atoms with Crippen molar-refractivity contribution in [3.05, 3.63) is 48.3 Å². The fourth-order valence-electron chi connectivity index (χ4n) is 2.34. The van der Waals surface area contributed by atoms with Gasteiger partial charge >= 0.3 is 0 Å². The molecule has 2 heterocycles. The summed E-state index contributed by atoms with van der Waals surface area (Å²) in [6, 6.07) is 11.6. The van der Waals surface area contributed by atoms with Gasteiger partial charge in [-0.15, -0.1) is 5.10 Å². The van der Waals surface area contributed by atoms with Crippen LogP contribution in [0.25, 0.3) is 16.9 Å². The van der Waals surface area contributed by atoms with Gasteiger partial charge in [0.1, 0.15) is 17.2 Å². The number of nitrogens with two attached hydrogens (primary N) is 1. The molecule has 0 atom stereocenters. The summed E-state index contributed by atoms with van der Waals surface area (Å²) in [5, 5.41) is 8.00. The highest BCUT2D eigenvalue weighted by Gasteiger charge is 2.19. The monoisotopic (exact) mass is 298 g/mol. The maximum atomic E-state index is 13.9. The Morgan fingerprint density at radius 3 is 2.77 bits per heavy atom. The number of rotatable bonds is 2. The van der Waals surface area contributed by atoms with E-state index in [1.165, 1.54) is 10.7 Å². The topological polar surface area (TPSA) is 75.2 Å². The second-order valence-corrected chi connectivity index (χ2v) is 4.75. The van der Waals surface area contributed by atoms with E-state index in [-0.39, 0.29) is 18.3 Å². The highest BCUT2D eigenvalue weighted by atomic mass is 19.1. The average Bonchev–Trinajstić information content (AvgIpc) is 3.13. The Kier molecular flexibility index (Phi) is 2.72. The smallest absolute Gasteiger partial charge is 0.231 e. The van der Waals surface area contributed by atoms with E-state index in [1.54, 1.807) is 36.4 Å². The molecule has 2 aromatic carbocycles. The summed E-state index contributed by atoms with van der Waals surface area (Å²) in [5.74, 6) is 1.13. The molecular weight excluding hydrogens is 287 g/mol. The predicted octanol–water partition coefficient (Wildman–Crippen LogP) is 2.38. The van der Waals surface area contributed by atoms with E-state index in [9.17, 15) is 4.39 Å². The number of hydrogen-bond donors (Lipinski definition) is 1. The van der Waals surface area contributed by atoms with Crippen LogP contribution in [0.4, 0.5) is 10.2 Å². The van der Waals surface area contributed by atoms with Crippen LogP contribution in [-0.2, 0) is 0 Å². The molecule has 0 saturated carbocycles. The van der Waals surface area contributed by atoms with Gasteiger partial charge in [-0.05, 0) is 30.3 Å². The van der Waals surface area contributed by atoms with Crippen molar-refractivity contribution in [3.63, 3.8) is 0 Å². The highest BCUT2D eigenvalue weighted by Crippen LogP contribution is 2.37. The van der Waals surface area contributed by atoms with Gasteiger partial charge < -0.3 is 15.2 Å². The third kappa shape index (κ3) is 1.86. The third-order valence-electron chi connectivity index (χ3n) is 3.43. The van der Waals surface area contributed by atoms with Crippen molar-refractivity contribution >= 4 is 5.82 Å². The number of hydrogen-bond acceptors (Lipinski definition) is 5. The molecule has 0 spiro atoms. The minimum absolute atomic E-state index is 0.191. The minimum Gasteiger partial charge on any atom is -0.454 e. The SMILES string of the molecule is Nc1c(-c2ccc3c(c2)OCO3)nnn1-c1ccccc1F. The molecule has 1 aliphatic rings.